The second-order valence-corrected chi connectivity index (χ2v) is 3.77. The third kappa shape index (κ3) is 4.26. The lowest BCUT2D eigenvalue weighted by Crippen LogP contribution is -2.15. The first-order valence-corrected chi connectivity index (χ1v) is 5.84. The molecule has 0 saturated carbocycles. The molecule has 0 atom stereocenters. The number of nitrogens with one attached hydrogen (secondary N) is 1. The highest BCUT2D eigenvalue weighted by Crippen LogP contribution is 2.22. The summed E-state index contributed by atoms with van der Waals surface area (Å²) in [7, 11) is 0. The number of fused-ring (bicyclic) bond motifs is 1. The van der Waals surface area contributed by atoms with Gasteiger partial charge in [0.25, 0.3) is 0 Å². The van der Waals surface area contributed by atoms with Gasteiger partial charge in [-0.3, -0.25) is 4.79 Å². The highest BCUT2D eigenvalue weighted by Gasteiger charge is 2.08. The van der Waals surface area contributed by atoms with Gasteiger partial charge in [-0.25, -0.2) is 4.98 Å². The fourth-order valence-electron chi connectivity index (χ4n) is 1.68. The molecule has 2 aromatic heterocycles. The first kappa shape index (κ1) is 18.5. The molecule has 0 fully saturated rings. The van der Waals surface area contributed by atoms with E-state index in [2.05, 4.69) is 10.3 Å². The Hall–Kier alpha value is -1.50. The molecule has 8 heteroatoms. The van der Waals surface area contributed by atoms with Gasteiger partial charge in [0.05, 0.1) is 12.3 Å². The second-order valence-electron chi connectivity index (χ2n) is 3.77. The minimum Gasteiger partial charge on any atom is -0.476 e. The van der Waals surface area contributed by atoms with E-state index in [0.29, 0.717) is 31.1 Å². The van der Waals surface area contributed by atoms with Crippen molar-refractivity contribution in [3.63, 3.8) is 0 Å². The van der Waals surface area contributed by atoms with Gasteiger partial charge in [0.1, 0.15) is 5.52 Å². The van der Waals surface area contributed by atoms with E-state index < -0.39 is 0 Å². The lowest BCUT2D eigenvalue weighted by molar-refractivity contribution is -0.116. The minimum absolute atomic E-state index is 0. The van der Waals surface area contributed by atoms with Gasteiger partial charge in [0.15, 0.2) is 0 Å². The molecule has 112 valence electrons. The maximum absolute atomic E-state index is 11.5. The first-order valence-electron chi connectivity index (χ1n) is 5.84. The highest BCUT2D eigenvalue weighted by atomic mass is 35.5. The number of halogens is 2. The molecule has 0 aromatic carbocycles. The van der Waals surface area contributed by atoms with Crippen LogP contribution in [0.3, 0.4) is 0 Å². The average molecular weight is 321 g/mol. The quantitative estimate of drug-likeness (QED) is 0.881. The highest BCUT2D eigenvalue weighted by molar-refractivity contribution is 5.91. The minimum atomic E-state index is -0.0978. The molecule has 0 aliphatic rings. The maximum atomic E-state index is 11.5. The number of nitrogens with two attached hydrogens (primary N) is 1. The molecule has 3 N–H and O–H groups in total. The lowest BCUT2D eigenvalue weighted by atomic mass is 10.4. The Kier molecular flexibility index (Phi) is 7.98. The van der Waals surface area contributed by atoms with Crippen LogP contribution in [0, 0.1) is 0 Å². The number of hydrogen-bond donors (Lipinski definition) is 2. The molecule has 0 radical (unpaired) electrons. The Morgan fingerprint density at radius 3 is 2.90 bits per heavy atom. The zero-order chi connectivity index (χ0) is 13.0. The molecule has 0 spiro atoms. The SMILES string of the molecule is CCOc1nccn2cc(NC(=O)CCN)cc12.Cl.Cl. The van der Waals surface area contributed by atoms with E-state index in [9.17, 15) is 4.79 Å². The van der Waals surface area contributed by atoms with Crippen LogP contribution >= 0.6 is 24.8 Å². The summed E-state index contributed by atoms with van der Waals surface area (Å²) in [5, 5.41) is 2.78. The summed E-state index contributed by atoms with van der Waals surface area (Å²) in [5.41, 5.74) is 6.86. The molecule has 1 amide bonds. The van der Waals surface area contributed by atoms with Gasteiger partial charge < -0.3 is 20.2 Å². The van der Waals surface area contributed by atoms with Gasteiger partial charge in [-0.05, 0) is 13.0 Å². The van der Waals surface area contributed by atoms with Crippen molar-refractivity contribution in [3.8, 4) is 5.88 Å². The van der Waals surface area contributed by atoms with Crippen molar-refractivity contribution >= 4 is 41.9 Å². The molecule has 0 aliphatic carbocycles. The molecule has 0 unspecified atom stereocenters. The molecule has 0 bridgehead atoms. The zero-order valence-electron chi connectivity index (χ0n) is 11.0. The predicted molar refractivity (Wildman–Crippen MR) is 83.2 cm³/mol. The van der Waals surface area contributed by atoms with E-state index in [1.165, 1.54) is 0 Å². The Morgan fingerprint density at radius 1 is 1.50 bits per heavy atom. The van der Waals surface area contributed by atoms with E-state index in [0.717, 1.165) is 5.52 Å². The molecule has 2 heterocycles. The predicted octanol–water partition coefficient (Wildman–Crippen LogP) is 1.86. The number of nitrogens with zero attached hydrogens (tertiary/aromatic N) is 2. The van der Waals surface area contributed by atoms with E-state index in [4.69, 9.17) is 10.5 Å². The summed E-state index contributed by atoms with van der Waals surface area (Å²) in [6, 6.07) is 1.83. The molecule has 20 heavy (non-hydrogen) atoms. The number of anilines is 1. The van der Waals surface area contributed by atoms with Crippen molar-refractivity contribution in [2.24, 2.45) is 5.73 Å². The number of ether oxygens (including phenoxy) is 1. The third-order valence-electron chi connectivity index (χ3n) is 2.42. The molecule has 0 saturated heterocycles. The molecule has 6 nitrogen and oxygen atoms in total. The summed E-state index contributed by atoms with van der Waals surface area (Å²) in [4.78, 5) is 15.6. The van der Waals surface area contributed by atoms with Crippen LogP contribution in [0.4, 0.5) is 5.69 Å². The normalized spacial score (nSPS) is 9.50. The van der Waals surface area contributed by atoms with E-state index in [1.807, 2.05) is 23.6 Å². The van der Waals surface area contributed by atoms with E-state index in [1.54, 1.807) is 12.4 Å². The summed E-state index contributed by atoms with van der Waals surface area (Å²) in [6.07, 6.45) is 5.58. The fraction of sp³-hybridized carbons (Fsp3) is 0.333. The molecular weight excluding hydrogens is 303 g/mol. The van der Waals surface area contributed by atoms with Crippen molar-refractivity contribution < 1.29 is 9.53 Å². The topological polar surface area (TPSA) is 81.7 Å². The summed E-state index contributed by atoms with van der Waals surface area (Å²) >= 11 is 0. The van der Waals surface area contributed by atoms with Crippen LogP contribution in [0.25, 0.3) is 5.52 Å². The van der Waals surface area contributed by atoms with Crippen molar-refractivity contribution in [3.05, 3.63) is 24.7 Å². The number of rotatable bonds is 5. The second kappa shape index (κ2) is 8.63. The Bertz CT molecular complexity index is 559. The first-order chi connectivity index (χ1) is 8.74. The van der Waals surface area contributed by atoms with Gasteiger partial charge in [-0.2, -0.15) is 0 Å². The van der Waals surface area contributed by atoms with Gasteiger partial charge in [0.2, 0.25) is 11.8 Å². The zero-order valence-corrected chi connectivity index (χ0v) is 12.7. The number of aromatic nitrogens is 2. The van der Waals surface area contributed by atoms with Gasteiger partial charge in [0, 0.05) is 31.6 Å². The average Bonchev–Trinajstić information content (AvgIpc) is 2.73. The Morgan fingerprint density at radius 2 is 2.25 bits per heavy atom. The molecule has 2 rings (SSSR count). The standard InChI is InChI=1S/C12H16N4O2.2ClH/c1-2-18-12-10-7-9(15-11(17)3-4-13)8-16(10)6-5-14-12;;/h5-8H,2-4,13H2,1H3,(H,15,17);2*1H. The van der Waals surface area contributed by atoms with Crippen molar-refractivity contribution in [2.45, 2.75) is 13.3 Å². The Balaban J connectivity index is 0.00000180. The van der Waals surface area contributed by atoms with Crippen molar-refractivity contribution in [1.29, 1.82) is 0 Å². The number of hydrogen-bond acceptors (Lipinski definition) is 4. The van der Waals surface area contributed by atoms with Gasteiger partial charge in [-0.15, -0.1) is 24.8 Å². The number of carbonyl (C=O) groups is 1. The van der Waals surface area contributed by atoms with Crippen LogP contribution in [0.1, 0.15) is 13.3 Å². The fourth-order valence-corrected chi connectivity index (χ4v) is 1.68. The van der Waals surface area contributed by atoms with Crippen molar-refractivity contribution in [1.82, 2.24) is 9.38 Å². The van der Waals surface area contributed by atoms with Crippen molar-refractivity contribution in [2.75, 3.05) is 18.5 Å². The summed E-state index contributed by atoms with van der Waals surface area (Å²) in [5.74, 6) is 0.457. The van der Waals surface area contributed by atoms with Crippen LogP contribution in [-0.4, -0.2) is 28.4 Å². The smallest absolute Gasteiger partial charge is 0.238 e. The monoisotopic (exact) mass is 320 g/mol. The number of amides is 1. The lowest BCUT2D eigenvalue weighted by Gasteiger charge is -2.02. The van der Waals surface area contributed by atoms with Crippen LogP contribution in [0.15, 0.2) is 24.7 Å². The maximum Gasteiger partial charge on any atom is 0.238 e. The van der Waals surface area contributed by atoms with E-state index in [-0.39, 0.29) is 30.7 Å². The third-order valence-corrected chi connectivity index (χ3v) is 2.42. The van der Waals surface area contributed by atoms with Gasteiger partial charge >= 0.3 is 0 Å². The largest absolute Gasteiger partial charge is 0.476 e. The molecule has 0 aliphatic heterocycles. The van der Waals surface area contributed by atoms with Crippen LogP contribution in [0.5, 0.6) is 5.88 Å². The summed E-state index contributed by atoms with van der Waals surface area (Å²) < 4.78 is 7.28. The number of carbonyl (C=O) groups excluding carboxylic acids is 1. The van der Waals surface area contributed by atoms with Crippen LogP contribution < -0.4 is 15.8 Å². The molecule has 2 aromatic rings. The molecular formula is C12H18Cl2N4O2. The Labute approximate surface area is 129 Å². The van der Waals surface area contributed by atoms with Crippen LogP contribution in [-0.2, 0) is 4.79 Å². The van der Waals surface area contributed by atoms with Crippen LogP contribution in [0.2, 0.25) is 0 Å². The van der Waals surface area contributed by atoms with Gasteiger partial charge in [-0.1, -0.05) is 0 Å². The van der Waals surface area contributed by atoms with E-state index >= 15 is 0 Å². The summed E-state index contributed by atoms with van der Waals surface area (Å²) in [6.45, 7) is 2.79.